The Labute approximate surface area is 167 Å². The molecule has 0 saturated heterocycles. The molecule has 0 fully saturated rings. The van der Waals surface area contributed by atoms with E-state index in [1.165, 1.54) is 0 Å². The van der Waals surface area contributed by atoms with E-state index in [-0.39, 0.29) is 6.61 Å². The summed E-state index contributed by atoms with van der Waals surface area (Å²) in [7, 11) is 0. The van der Waals surface area contributed by atoms with Gasteiger partial charge in [-0.15, -0.1) is 0 Å². The Morgan fingerprint density at radius 3 is 2.39 bits per heavy atom. The Kier molecular flexibility index (Phi) is 6.65. The summed E-state index contributed by atoms with van der Waals surface area (Å²) in [5.41, 5.74) is 1.16. The summed E-state index contributed by atoms with van der Waals surface area (Å²) >= 11 is 5.90. The minimum Gasteiger partial charge on any atom is -0.457 e. The van der Waals surface area contributed by atoms with Crippen molar-refractivity contribution in [3.63, 3.8) is 0 Å². The average molecular weight is 396 g/mol. The van der Waals surface area contributed by atoms with Gasteiger partial charge >= 0.3 is 5.97 Å². The van der Waals surface area contributed by atoms with E-state index < -0.39 is 11.9 Å². The molecule has 0 heterocycles. The van der Waals surface area contributed by atoms with Crippen molar-refractivity contribution in [1.82, 2.24) is 5.32 Å². The van der Waals surface area contributed by atoms with Crippen molar-refractivity contribution >= 4 is 23.5 Å². The molecule has 3 rings (SSSR count). The van der Waals surface area contributed by atoms with Crippen molar-refractivity contribution in [2.75, 3.05) is 6.61 Å². The molecular weight excluding hydrogens is 378 g/mol. The van der Waals surface area contributed by atoms with Crippen molar-refractivity contribution in [3.05, 3.63) is 95.0 Å². The van der Waals surface area contributed by atoms with Crippen LogP contribution in [0.1, 0.15) is 15.9 Å². The summed E-state index contributed by atoms with van der Waals surface area (Å²) < 4.78 is 10.8. The van der Waals surface area contributed by atoms with Crippen LogP contribution in [0.15, 0.2) is 78.9 Å². The fraction of sp³-hybridized carbons (Fsp3) is 0.0909. The van der Waals surface area contributed by atoms with Crippen molar-refractivity contribution in [3.8, 4) is 11.5 Å². The van der Waals surface area contributed by atoms with E-state index >= 15 is 0 Å². The van der Waals surface area contributed by atoms with E-state index in [4.69, 9.17) is 21.1 Å². The molecule has 0 atom stereocenters. The first-order valence-corrected chi connectivity index (χ1v) is 8.99. The Balaban J connectivity index is 1.50. The first kappa shape index (κ1) is 19.5. The lowest BCUT2D eigenvalue weighted by molar-refractivity contribution is -0.124. The normalized spacial score (nSPS) is 10.2. The topological polar surface area (TPSA) is 64.6 Å². The molecule has 0 aliphatic rings. The maximum atomic E-state index is 12.2. The molecule has 5 nitrogen and oxygen atoms in total. The van der Waals surface area contributed by atoms with E-state index in [1.54, 1.807) is 42.5 Å². The van der Waals surface area contributed by atoms with Crippen molar-refractivity contribution in [2.45, 2.75) is 6.54 Å². The highest BCUT2D eigenvalue weighted by molar-refractivity contribution is 6.30. The largest absolute Gasteiger partial charge is 0.457 e. The van der Waals surface area contributed by atoms with Crippen LogP contribution in [0.4, 0.5) is 0 Å². The molecule has 3 aromatic carbocycles. The Morgan fingerprint density at radius 1 is 0.857 bits per heavy atom. The second-order valence-electron chi connectivity index (χ2n) is 5.93. The van der Waals surface area contributed by atoms with Crippen molar-refractivity contribution < 1.29 is 19.1 Å². The van der Waals surface area contributed by atoms with Gasteiger partial charge in [0.2, 0.25) is 0 Å². The van der Waals surface area contributed by atoms with Gasteiger partial charge in [-0.3, -0.25) is 4.79 Å². The van der Waals surface area contributed by atoms with Crippen LogP contribution in [-0.2, 0) is 16.1 Å². The van der Waals surface area contributed by atoms with Gasteiger partial charge in [0.05, 0.1) is 5.56 Å². The minimum atomic E-state index is -0.601. The van der Waals surface area contributed by atoms with Crippen LogP contribution in [0.5, 0.6) is 11.5 Å². The number of esters is 1. The van der Waals surface area contributed by atoms with E-state index in [2.05, 4.69) is 5.32 Å². The summed E-state index contributed by atoms with van der Waals surface area (Å²) in [6.07, 6.45) is 0. The number of amides is 1. The third kappa shape index (κ3) is 5.86. The number of nitrogens with one attached hydrogen (secondary N) is 1. The zero-order valence-corrected chi connectivity index (χ0v) is 15.7. The van der Waals surface area contributed by atoms with Gasteiger partial charge in [-0.2, -0.15) is 0 Å². The van der Waals surface area contributed by atoms with Gasteiger partial charge in [0, 0.05) is 11.6 Å². The molecule has 0 aliphatic carbocycles. The lowest BCUT2D eigenvalue weighted by atomic mass is 10.2. The van der Waals surface area contributed by atoms with E-state index in [0.29, 0.717) is 28.6 Å². The lowest BCUT2D eigenvalue weighted by Gasteiger charge is -2.09. The molecule has 0 aliphatic heterocycles. The van der Waals surface area contributed by atoms with Crippen LogP contribution >= 0.6 is 11.6 Å². The molecule has 3 aromatic rings. The SMILES string of the molecule is O=C(COC(=O)c1cccc(Oc2ccccc2)c1)NCc1cccc(Cl)c1. The van der Waals surface area contributed by atoms with Crippen LogP contribution in [-0.4, -0.2) is 18.5 Å². The summed E-state index contributed by atoms with van der Waals surface area (Å²) in [4.78, 5) is 24.1. The Bertz CT molecular complexity index is 960. The summed E-state index contributed by atoms with van der Waals surface area (Å²) in [5.74, 6) is 0.168. The predicted octanol–water partition coefficient (Wildman–Crippen LogP) is 4.61. The number of hydrogen-bond acceptors (Lipinski definition) is 4. The van der Waals surface area contributed by atoms with E-state index in [0.717, 1.165) is 5.56 Å². The van der Waals surface area contributed by atoms with Crippen LogP contribution in [0.25, 0.3) is 0 Å². The molecule has 1 amide bonds. The number of hydrogen-bond donors (Lipinski definition) is 1. The Morgan fingerprint density at radius 2 is 1.61 bits per heavy atom. The van der Waals surface area contributed by atoms with E-state index in [9.17, 15) is 9.59 Å². The fourth-order valence-electron chi connectivity index (χ4n) is 2.42. The first-order chi connectivity index (χ1) is 13.6. The quantitative estimate of drug-likeness (QED) is 0.593. The predicted molar refractivity (Wildman–Crippen MR) is 107 cm³/mol. The van der Waals surface area contributed by atoms with Gasteiger partial charge in [-0.05, 0) is 48.0 Å². The summed E-state index contributed by atoms with van der Waals surface area (Å²) in [5, 5.41) is 3.27. The monoisotopic (exact) mass is 395 g/mol. The average Bonchev–Trinajstić information content (AvgIpc) is 2.71. The van der Waals surface area contributed by atoms with Gasteiger partial charge < -0.3 is 14.8 Å². The third-order valence-corrected chi connectivity index (χ3v) is 4.00. The van der Waals surface area contributed by atoms with Gasteiger partial charge in [0.1, 0.15) is 11.5 Å². The molecule has 1 N–H and O–H groups in total. The molecule has 28 heavy (non-hydrogen) atoms. The highest BCUT2D eigenvalue weighted by atomic mass is 35.5. The van der Waals surface area contributed by atoms with Gasteiger partial charge in [0.15, 0.2) is 6.61 Å². The number of carbonyl (C=O) groups is 2. The fourth-order valence-corrected chi connectivity index (χ4v) is 2.64. The lowest BCUT2D eigenvalue weighted by Crippen LogP contribution is -2.28. The number of carbonyl (C=O) groups excluding carboxylic acids is 2. The van der Waals surface area contributed by atoms with Gasteiger partial charge in [0.25, 0.3) is 5.91 Å². The highest BCUT2D eigenvalue weighted by Crippen LogP contribution is 2.22. The van der Waals surface area contributed by atoms with Gasteiger partial charge in [-0.25, -0.2) is 4.79 Å². The number of ether oxygens (including phenoxy) is 2. The molecular formula is C22H18ClNO4. The van der Waals surface area contributed by atoms with Crippen LogP contribution in [0, 0.1) is 0 Å². The van der Waals surface area contributed by atoms with Crippen LogP contribution in [0.2, 0.25) is 5.02 Å². The second kappa shape index (κ2) is 9.58. The molecule has 0 unspecified atom stereocenters. The molecule has 6 heteroatoms. The molecule has 0 saturated carbocycles. The zero-order chi connectivity index (χ0) is 19.8. The number of rotatable bonds is 7. The smallest absolute Gasteiger partial charge is 0.338 e. The van der Waals surface area contributed by atoms with Crippen molar-refractivity contribution in [1.29, 1.82) is 0 Å². The number of halogens is 1. The van der Waals surface area contributed by atoms with E-state index in [1.807, 2.05) is 36.4 Å². The second-order valence-corrected chi connectivity index (χ2v) is 6.36. The van der Waals surface area contributed by atoms with Crippen molar-refractivity contribution in [2.24, 2.45) is 0 Å². The third-order valence-electron chi connectivity index (χ3n) is 3.76. The van der Waals surface area contributed by atoms with Crippen LogP contribution < -0.4 is 10.1 Å². The molecule has 0 aromatic heterocycles. The van der Waals surface area contributed by atoms with Gasteiger partial charge in [-0.1, -0.05) is 48.0 Å². The standard InChI is InChI=1S/C22H18ClNO4/c23-18-8-4-6-16(12-18)14-24-21(25)15-27-22(26)17-7-5-11-20(13-17)28-19-9-2-1-3-10-19/h1-13H,14-15H2,(H,24,25). The number of benzene rings is 3. The minimum absolute atomic E-state index is 0.302. The first-order valence-electron chi connectivity index (χ1n) is 8.61. The molecule has 0 spiro atoms. The maximum Gasteiger partial charge on any atom is 0.338 e. The zero-order valence-electron chi connectivity index (χ0n) is 14.9. The molecule has 142 valence electrons. The summed E-state index contributed by atoms with van der Waals surface area (Å²) in [6.45, 7) is -0.0689. The Hall–Kier alpha value is -3.31. The summed E-state index contributed by atoms with van der Waals surface area (Å²) in [6, 6.07) is 23.0. The maximum absolute atomic E-state index is 12.2. The number of para-hydroxylation sites is 1. The van der Waals surface area contributed by atoms with Crippen LogP contribution in [0.3, 0.4) is 0 Å². The highest BCUT2D eigenvalue weighted by Gasteiger charge is 2.11. The molecule has 0 radical (unpaired) electrons. The molecule has 0 bridgehead atoms.